The maximum absolute atomic E-state index is 4.32. The molecule has 0 amide bonds. The van der Waals surface area contributed by atoms with Crippen molar-refractivity contribution in [1.82, 2.24) is 9.97 Å². The Morgan fingerprint density at radius 3 is 2.65 bits per heavy atom. The smallest absolute Gasteiger partial charge is 0.137 e. The van der Waals surface area contributed by atoms with Gasteiger partial charge in [-0.1, -0.05) is 18.2 Å². The monoisotopic (exact) mass is 247 g/mol. The molecule has 1 aromatic carbocycles. The Labute approximate surface area is 107 Å². The molecule has 3 rings (SSSR count). The van der Waals surface area contributed by atoms with Gasteiger partial charge in [0, 0.05) is 16.9 Å². The molecule has 1 aliphatic carbocycles. The molecule has 1 N–H and O–H groups in total. The van der Waals surface area contributed by atoms with E-state index in [1.165, 1.54) is 17.7 Å². The van der Waals surface area contributed by atoms with Gasteiger partial charge in [0.15, 0.2) is 0 Å². The molecule has 0 radical (unpaired) electrons. The van der Waals surface area contributed by atoms with Gasteiger partial charge in [-0.05, 0) is 31.4 Å². The zero-order valence-corrected chi connectivity index (χ0v) is 10.2. The highest BCUT2D eigenvalue weighted by molar-refractivity contribution is 5.85. The van der Waals surface area contributed by atoms with Crippen molar-refractivity contribution in [2.45, 2.75) is 19.3 Å². The number of halogens is 1. The maximum atomic E-state index is 4.32. The van der Waals surface area contributed by atoms with Crippen LogP contribution in [0.2, 0.25) is 0 Å². The molecule has 0 fully saturated rings. The van der Waals surface area contributed by atoms with E-state index in [9.17, 15) is 0 Å². The van der Waals surface area contributed by atoms with E-state index in [0.29, 0.717) is 0 Å². The third-order valence-electron chi connectivity index (χ3n) is 2.91. The third-order valence-corrected chi connectivity index (χ3v) is 2.91. The van der Waals surface area contributed by atoms with Crippen LogP contribution >= 0.6 is 12.4 Å². The number of nitrogens with zero attached hydrogens (tertiary/aromatic N) is 2. The van der Waals surface area contributed by atoms with Crippen molar-refractivity contribution >= 4 is 23.9 Å². The number of rotatable bonds is 2. The van der Waals surface area contributed by atoms with Gasteiger partial charge in [0.05, 0.1) is 0 Å². The number of hydrogen-bond acceptors (Lipinski definition) is 3. The summed E-state index contributed by atoms with van der Waals surface area (Å²) in [7, 11) is 0. The molecule has 0 bridgehead atoms. The van der Waals surface area contributed by atoms with Crippen LogP contribution in [0.15, 0.2) is 36.7 Å². The van der Waals surface area contributed by atoms with E-state index in [-0.39, 0.29) is 12.4 Å². The van der Waals surface area contributed by atoms with Gasteiger partial charge >= 0.3 is 0 Å². The highest BCUT2D eigenvalue weighted by atomic mass is 35.5. The average Bonchev–Trinajstić information content (AvgIpc) is 2.80. The Kier molecular flexibility index (Phi) is 3.59. The highest BCUT2D eigenvalue weighted by Gasteiger charge is 2.16. The van der Waals surface area contributed by atoms with Crippen LogP contribution in [-0.4, -0.2) is 9.97 Å². The number of anilines is 2. The largest absolute Gasteiger partial charge is 0.340 e. The summed E-state index contributed by atoms with van der Waals surface area (Å²) in [4.78, 5) is 8.63. The fourth-order valence-corrected chi connectivity index (χ4v) is 2.13. The predicted octanol–water partition coefficient (Wildman–Crippen LogP) is 3.13. The second-order valence-electron chi connectivity index (χ2n) is 3.99. The summed E-state index contributed by atoms with van der Waals surface area (Å²) >= 11 is 0. The molecular weight excluding hydrogens is 234 g/mol. The van der Waals surface area contributed by atoms with Crippen LogP contribution in [0.5, 0.6) is 0 Å². The van der Waals surface area contributed by atoms with E-state index >= 15 is 0 Å². The van der Waals surface area contributed by atoms with Gasteiger partial charge < -0.3 is 5.32 Å². The molecule has 1 aromatic heterocycles. The third kappa shape index (κ3) is 2.39. The quantitative estimate of drug-likeness (QED) is 0.886. The van der Waals surface area contributed by atoms with Crippen molar-refractivity contribution in [2.24, 2.45) is 0 Å². The van der Waals surface area contributed by atoms with Gasteiger partial charge in [0.2, 0.25) is 0 Å². The van der Waals surface area contributed by atoms with Crippen molar-refractivity contribution in [3.8, 4) is 0 Å². The van der Waals surface area contributed by atoms with Crippen LogP contribution in [0.3, 0.4) is 0 Å². The van der Waals surface area contributed by atoms with Crippen LogP contribution in [-0.2, 0) is 12.8 Å². The number of fused-ring (bicyclic) bond motifs is 1. The standard InChI is InChI=1S/C13H13N3.ClH/c1-2-5-10(6-3-1)16-13-11-7-4-8-12(11)14-9-15-13;/h1-3,5-6,9H,4,7-8H2,(H,14,15,16);1H. The summed E-state index contributed by atoms with van der Waals surface area (Å²) in [6, 6.07) is 10.1. The molecule has 0 saturated heterocycles. The van der Waals surface area contributed by atoms with Gasteiger partial charge in [-0.15, -0.1) is 12.4 Å². The van der Waals surface area contributed by atoms with Gasteiger partial charge in [-0.2, -0.15) is 0 Å². The molecule has 4 heteroatoms. The van der Waals surface area contributed by atoms with Crippen molar-refractivity contribution in [3.63, 3.8) is 0 Å². The Hall–Kier alpha value is -1.61. The zero-order valence-electron chi connectivity index (χ0n) is 9.39. The lowest BCUT2D eigenvalue weighted by molar-refractivity contribution is 0.899. The Balaban J connectivity index is 0.00000108. The van der Waals surface area contributed by atoms with Crippen LogP contribution in [0, 0.1) is 0 Å². The Bertz CT molecular complexity index is 499. The van der Waals surface area contributed by atoms with Crippen LogP contribution < -0.4 is 5.32 Å². The van der Waals surface area contributed by atoms with Crippen molar-refractivity contribution < 1.29 is 0 Å². The van der Waals surface area contributed by atoms with E-state index < -0.39 is 0 Å². The molecule has 0 unspecified atom stereocenters. The minimum atomic E-state index is 0. The zero-order chi connectivity index (χ0) is 10.8. The molecule has 0 aliphatic heterocycles. The minimum absolute atomic E-state index is 0. The Morgan fingerprint density at radius 2 is 1.82 bits per heavy atom. The predicted molar refractivity (Wildman–Crippen MR) is 71.0 cm³/mol. The van der Waals surface area contributed by atoms with Crippen LogP contribution in [0.25, 0.3) is 0 Å². The lowest BCUT2D eigenvalue weighted by Gasteiger charge is -2.08. The molecule has 88 valence electrons. The SMILES string of the molecule is Cl.c1ccc(Nc2ncnc3c2CCC3)cc1. The summed E-state index contributed by atoms with van der Waals surface area (Å²) in [5.41, 5.74) is 3.56. The maximum Gasteiger partial charge on any atom is 0.137 e. The van der Waals surface area contributed by atoms with E-state index in [1.54, 1.807) is 6.33 Å². The number of benzene rings is 1. The molecule has 0 saturated carbocycles. The lowest BCUT2D eigenvalue weighted by atomic mass is 10.2. The summed E-state index contributed by atoms with van der Waals surface area (Å²) in [5, 5.41) is 3.35. The number of aromatic nitrogens is 2. The minimum Gasteiger partial charge on any atom is -0.340 e. The van der Waals surface area contributed by atoms with Gasteiger partial charge in [-0.3, -0.25) is 0 Å². The molecule has 3 nitrogen and oxygen atoms in total. The molecule has 2 aromatic rings. The van der Waals surface area contributed by atoms with E-state index in [4.69, 9.17) is 0 Å². The van der Waals surface area contributed by atoms with Gasteiger partial charge in [-0.25, -0.2) is 9.97 Å². The first kappa shape index (κ1) is 11.9. The first-order valence-electron chi connectivity index (χ1n) is 5.58. The average molecular weight is 248 g/mol. The molecule has 0 atom stereocenters. The summed E-state index contributed by atoms with van der Waals surface area (Å²) in [6.07, 6.45) is 5.01. The van der Waals surface area contributed by atoms with Crippen LogP contribution in [0.4, 0.5) is 11.5 Å². The molecule has 0 spiro atoms. The van der Waals surface area contributed by atoms with Crippen LogP contribution in [0.1, 0.15) is 17.7 Å². The Morgan fingerprint density at radius 1 is 1.00 bits per heavy atom. The summed E-state index contributed by atoms with van der Waals surface area (Å²) in [6.45, 7) is 0. The summed E-state index contributed by atoms with van der Waals surface area (Å²) < 4.78 is 0. The number of nitrogens with one attached hydrogen (secondary N) is 1. The second-order valence-corrected chi connectivity index (χ2v) is 3.99. The van der Waals surface area contributed by atoms with Gasteiger partial charge in [0.25, 0.3) is 0 Å². The molecule has 1 heterocycles. The van der Waals surface area contributed by atoms with Gasteiger partial charge in [0.1, 0.15) is 12.1 Å². The first-order chi connectivity index (χ1) is 7.93. The number of aryl methyl sites for hydroxylation is 1. The van der Waals surface area contributed by atoms with E-state index in [1.807, 2.05) is 30.3 Å². The summed E-state index contributed by atoms with van der Waals surface area (Å²) in [5.74, 6) is 0.966. The molecule has 17 heavy (non-hydrogen) atoms. The lowest BCUT2D eigenvalue weighted by Crippen LogP contribution is -2.00. The first-order valence-corrected chi connectivity index (χ1v) is 5.58. The number of para-hydroxylation sites is 1. The molecular formula is C13H14ClN3. The molecule has 1 aliphatic rings. The van der Waals surface area contributed by atoms with Crippen molar-refractivity contribution in [2.75, 3.05) is 5.32 Å². The van der Waals surface area contributed by atoms with Crippen molar-refractivity contribution in [1.29, 1.82) is 0 Å². The highest BCUT2D eigenvalue weighted by Crippen LogP contribution is 2.27. The van der Waals surface area contributed by atoms with Crippen molar-refractivity contribution in [3.05, 3.63) is 47.9 Å². The van der Waals surface area contributed by atoms with E-state index in [2.05, 4.69) is 15.3 Å². The fourth-order valence-electron chi connectivity index (χ4n) is 2.13. The fraction of sp³-hybridized carbons (Fsp3) is 0.231. The second kappa shape index (κ2) is 5.15. The van der Waals surface area contributed by atoms with E-state index in [0.717, 1.165) is 24.3 Å². The normalized spacial score (nSPS) is 12.7. The topological polar surface area (TPSA) is 37.8 Å². The number of hydrogen-bond donors (Lipinski definition) is 1.